The van der Waals surface area contributed by atoms with Crippen LogP contribution in [0.4, 0.5) is 0 Å². The van der Waals surface area contributed by atoms with E-state index in [1.807, 2.05) is 0 Å². The minimum Gasteiger partial charge on any atom is -0.481 e. The van der Waals surface area contributed by atoms with Crippen molar-refractivity contribution in [1.82, 2.24) is 14.9 Å². The van der Waals surface area contributed by atoms with E-state index in [1.165, 1.54) is 12.8 Å². The van der Waals surface area contributed by atoms with Gasteiger partial charge in [-0.15, -0.1) is 0 Å². The Labute approximate surface area is 106 Å². The van der Waals surface area contributed by atoms with Gasteiger partial charge in [-0.1, -0.05) is 0 Å². The van der Waals surface area contributed by atoms with Gasteiger partial charge in [0, 0.05) is 31.6 Å². The molecular weight excluding hydrogens is 230 g/mol. The van der Waals surface area contributed by atoms with E-state index < -0.39 is 5.97 Å². The van der Waals surface area contributed by atoms with E-state index in [1.54, 1.807) is 0 Å². The third kappa shape index (κ3) is 2.27. The number of imidazole rings is 1. The SMILES string of the molecule is O=C(O)C1CCn2cc(CC3CCCN3)nc2C1. The van der Waals surface area contributed by atoms with Gasteiger partial charge in [0.2, 0.25) is 0 Å². The van der Waals surface area contributed by atoms with Crippen molar-refractivity contribution in [2.45, 2.75) is 44.7 Å². The first-order valence-electron chi connectivity index (χ1n) is 6.73. The summed E-state index contributed by atoms with van der Waals surface area (Å²) in [7, 11) is 0. The van der Waals surface area contributed by atoms with Crippen molar-refractivity contribution >= 4 is 5.97 Å². The molecule has 5 nitrogen and oxygen atoms in total. The molecule has 0 bridgehead atoms. The van der Waals surface area contributed by atoms with Crippen molar-refractivity contribution in [3.8, 4) is 0 Å². The largest absolute Gasteiger partial charge is 0.481 e. The van der Waals surface area contributed by atoms with Crippen LogP contribution in [-0.2, 0) is 24.2 Å². The summed E-state index contributed by atoms with van der Waals surface area (Å²) in [5.41, 5.74) is 1.11. The van der Waals surface area contributed by atoms with E-state index in [2.05, 4.69) is 21.1 Å². The van der Waals surface area contributed by atoms with Crippen LogP contribution in [0.25, 0.3) is 0 Å². The van der Waals surface area contributed by atoms with Crippen LogP contribution in [0.3, 0.4) is 0 Å². The third-order valence-electron chi connectivity index (χ3n) is 4.02. The molecule has 0 saturated carbocycles. The van der Waals surface area contributed by atoms with Crippen LogP contribution in [0.5, 0.6) is 0 Å². The number of carboxylic acid groups (broad SMARTS) is 1. The van der Waals surface area contributed by atoms with Crippen LogP contribution in [0.2, 0.25) is 0 Å². The predicted octanol–water partition coefficient (Wildman–Crippen LogP) is 0.825. The highest BCUT2D eigenvalue weighted by molar-refractivity contribution is 5.70. The Morgan fingerprint density at radius 3 is 3.17 bits per heavy atom. The minimum atomic E-state index is -0.691. The molecule has 18 heavy (non-hydrogen) atoms. The van der Waals surface area contributed by atoms with Gasteiger partial charge in [0.05, 0.1) is 11.6 Å². The molecule has 1 aromatic rings. The normalized spacial score (nSPS) is 27.1. The topological polar surface area (TPSA) is 67.2 Å². The lowest BCUT2D eigenvalue weighted by Gasteiger charge is -2.19. The van der Waals surface area contributed by atoms with E-state index >= 15 is 0 Å². The van der Waals surface area contributed by atoms with Gasteiger partial charge in [0.25, 0.3) is 0 Å². The summed E-state index contributed by atoms with van der Waals surface area (Å²) in [6.07, 6.45) is 6.84. The number of aryl methyl sites for hydroxylation is 1. The molecule has 1 saturated heterocycles. The zero-order valence-electron chi connectivity index (χ0n) is 10.4. The molecule has 2 aliphatic rings. The lowest BCUT2D eigenvalue weighted by atomic mass is 9.98. The summed E-state index contributed by atoms with van der Waals surface area (Å²) in [6, 6.07) is 0.553. The first kappa shape index (κ1) is 11.7. The fourth-order valence-corrected chi connectivity index (χ4v) is 2.98. The maximum Gasteiger partial charge on any atom is 0.307 e. The van der Waals surface area contributed by atoms with E-state index in [-0.39, 0.29) is 5.92 Å². The van der Waals surface area contributed by atoms with Gasteiger partial charge in [-0.05, 0) is 25.8 Å². The smallest absolute Gasteiger partial charge is 0.307 e. The molecule has 1 fully saturated rings. The van der Waals surface area contributed by atoms with Crippen LogP contribution in [0, 0.1) is 5.92 Å². The Balaban J connectivity index is 1.70. The number of carbonyl (C=O) groups is 1. The van der Waals surface area contributed by atoms with Gasteiger partial charge in [0.15, 0.2) is 0 Å². The molecule has 3 heterocycles. The predicted molar refractivity (Wildman–Crippen MR) is 66.4 cm³/mol. The summed E-state index contributed by atoms with van der Waals surface area (Å²) >= 11 is 0. The Morgan fingerprint density at radius 1 is 1.56 bits per heavy atom. The lowest BCUT2D eigenvalue weighted by molar-refractivity contribution is -0.142. The molecule has 0 aromatic carbocycles. The fraction of sp³-hybridized carbons (Fsp3) is 0.692. The van der Waals surface area contributed by atoms with Crippen molar-refractivity contribution in [3.63, 3.8) is 0 Å². The van der Waals surface area contributed by atoms with Gasteiger partial charge >= 0.3 is 5.97 Å². The number of hydrogen-bond acceptors (Lipinski definition) is 3. The van der Waals surface area contributed by atoms with Crippen LogP contribution >= 0.6 is 0 Å². The standard InChI is InChI=1S/C13H19N3O2/c17-13(18)9-3-5-16-8-11(15-12(16)6-9)7-10-2-1-4-14-10/h8-10,14H,1-7H2,(H,17,18). The summed E-state index contributed by atoms with van der Waals surface area (Å²) in [5, 5.41) is 12.5. The van der Waals surface area contributed by atoms with Gasteiger partial charge in [0.1, 0.15) is 5.82 Å². The summed E-state index contributed by atoms with van der Waals surface area (Å²) in [4.78, 5) is 15.6. The molecule has 2 unspecified atom stereocenters. The van der Waals surface area contributed by atoms with Crippen molar-refractivity contribution in [3.05, 3.63) is 17.7 Å². The molecule has 0 radical (unpaired) electrons. The number of hydrogen-bond donors (Lipinski definition) is 2. The molecule has 3 rings (SSSR count). The first-order chi connectivity index (χ1) is 8.72. The molecule has 0 amide bonds. The average molecular weight is 249 g/mol. The molecule has 1 aromatic heterocycles. The maximum atomic E-state index is 11.0. The van der Waals surface area contributed by atoms with Crippen LogP contribution < -0.4 is 5.32 Å². The molecule has 0 spiro atoms. The number of fused-ring (bicyclic) bond motifs is 1. The van der Waals surface area contributed by atoms with Crippen LogP contribution in [-0.4, -0.2) is 33.2 Å². The number of aliphatic carboxylic acids is 1. The number of carboxylic acids is 1. The van der Waals surface area contributed by atoms with E-state index in [0.717, 1.165) is 37.4 Å². The summed E-state index contributed by atoms with van der Waals surface area (Å²) in [6.45, 7) is 1.90. The average Bonchev–Trinajstić information content (AvgIpc) is 2.96. The number of aromatic nitrogens is 2. The zero-order chi connectivity index (χ0) is 12.5. The Hall–Kier alpha value is -1.36. The van der Waals surface area contributed by atoms with Gasteiger partial charge < -0.3 is 15.0 Å². The van der Waals surface area contributed by atoms with Crippen molar-refractivity contribution in [1.29, 1.82) is 0 Å². The molecule has 2 N–H and O–H groups in total. The number of rotatable bonds is 3. The third-order valence-corrected chi connectivity index (χ3v) is 4.02. The van der Waals surface area contributed by atoms with Crippen molar-refractivity contribution < 1.29 is 9.90 Å². The Morgan fingerprint density at radius 2 is 2.44 bits per heavy atom. The van der Waals surface area contributed by atoms with Crippen molar-refractivity contribution in [2.24, 2.45) is 5.92 Å². The molecule has 2 atom stereocenters. The molecule has 98 valence electrons. The molecule has 0 aliphatic carbocycles. The maximum absolute atomic E-state index is 11.0. The quantitative estimate of drug-likeness (QED) is 0.832. The minimum absolute atomic E-state index is 0.252. The Kier molecular flexibility index (Phi) is 3.07. The highest BCUT2D eigenvalue weighted by Gasteiger charge is 2.26. The zero-order valence-corrected chi connectivity index (χ0v) is 10.4. The summed E-state index contributed by atoms with van der Waals surface area (Å²) in [5.74, 6) is 0.00209. The lowest BCUT2D eigenvalue weighted by Crippen LogP contribution is -2.25. The second-order valence-corrected chi connectivity index (χ2v) is 5.37. The van der Waals surface area contributed by atoms with Crippen LogP contribution in [0.15, 0.2) is 6.20 Å². The highest BCUT2D eigenvalue weighted by Crippen LogP contribution is 2.21. The molecular formula is C13H19N3O2. The van der Waals surface area contributed by atoms with E-state index in [4.69, 9.17) is 5.11 Å². The monoisotopic (exact) mass is 249 g/mol. The Bertz CT molecular complexity index is 449. The number of nitrogens with zero attached hydrogens (tertiary/aromatic N) is 2. The van der Waals surface area contributed by atoms with Crippen molar-refractivity contribution in [2.75, 3.05) is 6.54 Å². The summed E-state index contributed by atoms with van der Waals surface area (Å²) < 4.78 is 2.13. The van der Waals surface area contributed by atoms with E-state index in [0.29, 0.717) is 12.5 Å². The van der Waals surface area contributed by atoms with Gasteiger partial charge in [-0.25, -0.2) is 4.98 Å². The molecule has 2 aliphatic heterocycles. The van der Waals surface area contributed by atoms with Gasteiger partial charge in [-0.3, -0.25) is 4.79 Å². The van der Waals surface area contributed by atoms with Gasteiger partial charge in [-0.2, -0.15) is 0 Å². The molecule has 5 heteroatoms. The highest BCUT2D eigenvalue weighted by atomic mass is 16.4. The van der Waals surface area contributed by atoms with E-state index in [9.17, 15) is 4.79 Å². The van der Waals surface area contributed by atoms with Crippen LogP contribution in [0.1, 0.15) is 30.8 Å². The second kappa shape index (κ2) is 4.72. The second-order valence-electron chi connectivity index (χ2n) is 5.37. The fourth-order valence-electron chi connectivity index (χ4n) is 2.98. The first-order valence-corrected chi connectivity index (χ1v) is 6.73. The number of nitrogens with one attached hydrogen (secondary N) is 1.